The first-order valence-electron chi connectivity index (χ1n) is 6.98. The van der Waals surface area contributed by atoms with Crippen LogP contribution in [0.4, 0.5) is 0 Å². The molecule has 0 spiro atoms. The van der Waals surface area contributed by atoms with E-state index in [0.717, 1.165) is 12.1 Å². The molecule has 0 fully saturated rings. The van der Waals surface area contributed by atoms with Crippen molar-refractivity contribution < 1.29 is 4.74 Å². The second kappa shape index (κ2) is 7.50. The minimum atomic E-state index is 0.0503. The molecule has 1 heterocycles. The molecule has 2 nitrogen and oxygen atoms in total. The van der Waals surface area contributed by atoms with Gasteiger partial charge in [0.2, 0.25) is 0 Å². The van der Waals surface area contributed by atoms with E-state index in [-0.39, 0.29) is 6.04 Å². The first-order chi connectivity index (χ1) is 10.1. The molecule has 1 aromatic heterocycles. The highest BCUT2D eigenvalue weighted by atomic mass is 35.5. The van der Waals surface area contributed by atoms with Gasteiger partial charge in [-0.1, -0.05) is 30.1 Å². The van der Waals surface area contributed by atoms with E-state index in [9.17, 15) is 0 Å². The highest BCUT2D eigenvalue weighted by Gasteiger charge is 2.20. The summed E-state index contributed by atoms with van der Waals surface area (Å²) in [7, 11) is 0. The number of hydrogen-bond donors (Lipinski definition) is 1. The van der Waals surface area contributed by atoms with Crippen LogP contribution in [0.15, 0.2) is 24.3 Å². The molecule has 2 aromatic rings. The number of hydrogen-bond acceptors (Lipinski definition) is 3. The smallest absolute Gasteiger partial charge is 0.139 e. The molecule has 1 unspecified atom stereocenters. The SMILES string of the molecule is CCNC(c1ccc(C)s1)c1cc(Cl)c(OCC)cc1Cl. The third kappa shape index (κ3) is 3.92. The number of aryl methyl sites for hydroxylation is 1. The van der Waals surface area contributed by atoms with E-state index in [1.165, 1.54) is 9.75 Å². The molecule has 2 rings (SSSR count). The fourth-order valence-corrected chi connectivity index (χ4v) is 3.67. The lowest BCUT2D eigenvalue weighted by Gasteiger charge is -2.20. The molecule has 114 valence electrons. The number of thiophene rings is 1. The van der Waals surface area contributed by atoms with Crippen LogP contribution in [0.25, 0.3) is 0 Å². The fraction of sp³-hybridized carbons (Fsp3) is 0.375. The molecule has 21 heavy (non-hydrogen) atoms. The van der Waals surface area contributed by atoms with Gasteiger partial charge in [-0.2, -0.15) is 0 Å². The van der Waals surface area contributed by atoms with Crippen molar-refractivity contribution in [1.82, 2.24) is 5.32 Å². The summed E-state index contributed by atoms with van der Waals surface area (Å²) in [5.74, 6) is 0.630. The van der Waals surface area contributed by atoms with E-state index in [0.29, 0.717) is 22.4 Å². The Morgan fingerprint density at radius 3 is 2.52 bits per heavy atom. The van der Waals surface area contributed by atoms with Crippen molar-refractivity contribution in [3.63, 3.8) is 0 Å². The maximum Gasteiger partial charge on any atom is 0.139 e. The Bertz CT molecular complexity index is 612. The summed E-state index contributed by atoms with van der Waals surface area (Å²) in [6.07, 6.45) is 0. The standard InChI is InChI=1S/C16H19Cl2NOS/c1-4-19-16(15-7-6-10(3)21-15)11-8-13(18)14(20-5-2)9-12(11)17/h6-9,16,19H,4-5H2,1-3H3. The molecule has 0 bridgehead atoms. The van der Waals surface area contributed by atoms with Crippen LogP contribution in [-0.2, 0) is 0 Å². The molecular weight excluding hydrogens is 325 g/mol. The summed E-state index contributed by atoms with van der Waals surface area (Å²) in [4.78, 5) is 2.51. The molecule has 5 heteroatoms. The average Bonchev–Trinajstić information content (AvgIpc) is 2.87. The van der Waals surface area contributed by atoms with Gasteiger partial charge in [0.1, 0.15) is 5.75 Å². The number of benzene rings is 1. The topological polar surface area (TPSA) is 21.3 Å². The quantitative estimate of drug-likeness (QED) is 0.751. The highest BCUT2D eigenvalue weighted by Crippen LogP contribution is 2.38. The molecule has 1 atom stereocenters. The Labute approximate surface area is 140 Å². The Kier molecular flexibility index (Phi) is 5.94. The minimum absolute atomic E-state index is 0.0503. The van der Waals surface area contributed by atoms with Gasteiger partial charge < -0.3 is 10.1 Å². The lowest BCUT2D eigenvalue weighted by Crippen LogP contribution is -2.21. The zero-order chi connectivity index (χ0) is 15.4. The second-order valence-corrected chi connectivity index (χ2v) is 6.81. The fourth-order valence-electron chi connectivity index (χ4n) is 2.21. The molecule has 0 radical (unpaired) electrons. The van der Waals surface area contributed by atoms with Crippen molar-refractivity contribution in [1.29, 1.82) is 0 Å². The van der Waals surface area contributed by atoms with Gasteiger partial charge in [-0.15, -0.1) is 11.3 Å². The lowest BCUT2D eigenvalue weighted by molar-refractivity contribution is 0.340. The molecule has 0 aliphatic carbocycles. The van der Waals surface area contributed by atoms with Gasteiger partial charge in [-0.05, 0) is 44.2 Å². The Morgan fingerprint density at radius 2 is 1.95 bits per heavy atom. The van der Waals surface area contributed by atoms with Gasteiger partial charge in [0, 0.05) is 20.8 Å². The van der Waals surface area contributed by atoms with E-state index in [4.69, 9.17) is 27.9 Å². The average molecular weight is 344 g/mol. The highest BCUT2D eigenvalue weighted by molar-refractivity contribution is 7.12. The van der Waals surface area contributed by atoms with Crippen molar-refractivity contribution in [2.75, 3.05) is 13.2 Å². The molecule has 1 aromatic carbocycles. The third-order valence-corrected chi connectivity index (χ3v) is 4.80. The van der Waals surface area contributed by atoms with E-state index < -0.39 is 0 Å². The van der Waals surface area contributed by atoms with Crippen LogP contribution in [0.3, 0.4) is 0 Å². The van der Waals surface area contributed by atoms with Crippen molar-refractivity contribution in [2.24, 2.45) is 0 Å². The number of halogens is 2. The van der Waals surface area contributed by atoms with E-state index in [2.05, 4.69) is 31.3 Å². The summed E-state index contributed by atoms with van der Waals surface area (Å²) in [5, 5.41) is 4.73. The summed E-state index contributed by atoms with van der Waals surface area (Å²) in [6, 6.07) is 8.00. The molecule has 0 aliphatic heterocycles. The summed E-state index contributed by atoms with van der Waals surface area (Å²) < 4.78 is 5.49. The Hall–Kier alpha value is -0.740. The summed E-state index contributed by atoms with van der Waals surface area (Å²) >= 11 is 14.5. The maximum absolute atomic E-state index is 6.45. The van der Waals surface area contributed by atoms with Crippen LogP contribution < -0.4 is 10.1 Å². The second-order valence-electron chi connectivity index (χ2n) is 4.68. The Balaban J connectivity index is 2.43. The van der Waals surface area contributed by atoms with Crippen molar-refractivity contribution in [3.8, 4) is 5.75 Å². The molecule has 0 saturated heterocycles. The monoisotopic (exact) mass is 343 g/mol. The zero-order valence-corrected chi connectivity index (χ0v) is 14.7. The maximum atomic E-state index is 6.45. The van der Waals surface area contributed by atoms with Gasteiger partial charge in [0.25, 0.3) is 0 Å². The van der Waals surface area contributed by atoms with Crippen molar-refractivity contribution in [3.05, 3.63) is 49.6 Å². The first kappa shape index (κ1) is 16.6. The normalized spacial score (nSPS) is 12.4. The lowest BCUT2D eigenvalue weighted by atomic mass is 10.0. The van der Waals surface area contributed by atoms with Crippen LogP contribution in [0.1, 0.15) is 35.2 Å². The predicted molar refractivity (Wildman–Crippen MR) is 92.2 cm³/mol. The van der Waals surface area contributed by atoms with Crippen LogP contribution in [0, 0.1) is 6.92 Å². The third-order valence-electron chi connectivity index (χ3n) is 3.12. The van der Waals surface area contributed by atoms with E-state index in [1.54, 1.807) is 17.4 Å². The summed E-state index contributed by atoms with van der Waals surface area (Å²) in [5.41, 5.74) is 0.980. The van der Waals surface area contributed by atoms with Gasteiger partial charge in [-0.3, -0.25) is 0 Å². The van der Waals surface area contributed by atoms with E-state index in [1.807, 2.05) is 13.0 Å². The molecule has 0 amide bonds. The number of nitrogens with one attached hydrogen (secondary N) is 1. The number of rotatable bonds is 6. The van der Waals surface area contributed by atoms with Crippen molar-refractivity contribution in [2.45, 2.75) is 26.8 Å². The zero-order valence-electron chi connectivity index (χ0n) is 12.4. The number of ether oxygens (including phenoxy) is 1. The Morgan fingerprint density at radius 1 is 1.19 bits per heavy atom. The van der Waals surface area contributed by atoms with Gasteiger partial charge in [0.15, 0.2) is 0 Å². The van der Waals surface area contributed by atoms with E-state index >= 15 is 0 Å². The molecule has 0 aliphatic rings. The molecule has 0 saturated carbocycles. The summed E-state index contributed by atoms with van der Waals surface area (Å²) in [6.45, 7) is 7.52. The van der Waals surface area contributed by atoms with Crippen LogP contribution in [0.2, 0.25) is 10.0 Å². The first-order valence-corrected chi connectivity index (χ1v) is 8.55. The minimum Gasteiger partial charge on any atom is -0.492 e. The van der Waals surface area contributed by atoms with Crippen LogP contribution in [0.5, 0.6) is 5.75 Å². The van der Waals surface area contributed by atoms with Crippen LogP contribution in [-0.4, -0.2) is 13.2 Å². The van der Waals surface area contributed by atoms with Crippen LogP contribution >= 0.6 is 34.5 Å². The predicted octanol–water partition coefficient (Wildman–Crippen LogP) is 5.46. The largest absolute Gasteiger partial charge is 0.492 e. The molecular formula is C16H19Cl2NOS. The molecule has 1 N–H and O–H groups in total. The van der Waals surface area contributed by atoms with Gasteiger partial charge in [-0.25, -0.2) is 0 Å². The van der Waals surface area contributed by atoms with Gasteiger partial charge in [0.05, 0.1) is 17.7 Å². The van der Waals surface area contributed by atoms with Crippen molar-refractivity contribution >= 4 is 34.5 Å². The van der Waals surface area contributed by atoms with Gasteiger partial charge >= 0.3 is 0 Å².